The van der Waals surface area contributed by atoms with Crippen LogP contribution in [0.2, 0.25) is 0 Å². The van der Waals surface area contributed by atoms with Crippen LogP contribution in [0.1, 0.15) is 10.4 Å². The van der Waals surface area contributed by atoms with E-state index in [2.05, 4.69) is 20.2 Å². The highest BCUT2D eigenvalue weighted by molar-refractivity contribution is 5.93. The lowest BCUT2D eigenvalue weighted by Crippen LogP contribution is -2.45. The molecule has 1 saturated heterocycles. The SMILES string of the molecule is COc1ncc(C(=O)NCC2CN(C)CCO2)cn1. The summed E-state index contributed by atoms with van der Waals surface area (Å²) >= 11 is 0. The third-order valence-electron chi connectivity index (χ3n) is 2.91. The topological polar surface area (TPSA) is 76.6 Å². The van der Waals surface area contributed by atoms with Crippen LogP contribution in [-0.2, 0) is 4.74 Å². The van der Waals surface area contributed by atoms with Crippen molar-refractivity contribution in [2.75, 3.05) is 40.4 Å². The Kier molecular flexibility index (Phi) is 4.64. The van der Waals surface area contributed by atoms with Gasteiger partial charge in [0.15, 0.2) is 0 Å². The molecular formula is C12H18N4O3. The first-order valence-electron chi connectivity index (χ1n) is 6.13. The third kappa shape index (κ3) is 3.87. The van der Waals surface area contributed by atoms with Gasteiger partial charge in [-0.2, -0.15) is 0 Å². The fourth-order valence-corrected chi connectivity index (χ4v) is 1.84. The molecule has 0 aliphatic carbocycles. The van der Waals surface area contributed by atoms with Crippen LogP contribution in [0.3, 0.4) is 0 Å². The van der Waals surface area contributed by atoms with E-state index in [4.69, 9.17) is 9.47 Å². The molecule has 0 saturated carbocycles. The predicted molar refractivity (Wildman–Crippen MR) is 68.2 cm³/mol. The molecule has 1 aliphatic rings. The number of ether oxygens (including phenoxy) is 2. The molecule has 1 N–H and O–H groups in total. The van der Waals surface area contributed by atoms with Crippen LogP contribution in [0, 0.1) is 0 Å². The van der Waals surface area contributed by atoms with Crippen molar-refractivity contribution in [3.05, 3.63) is 18.0 Å². The van der Waals surface area contributed by atoms with E-state index in [9.17, 15) is 4.79 Å². The number of nitrogens with one attached hydrogen (secondary N) is 1. The number of carbonyl (C=O) groups excluding carboxylic acids is 1. The summed E-state index contributed by atoms with van der Waals surface area (Å²) in [6.07, 6.45) is 2.91. The van der Waals surface area contributed by atoms with Gasteiger partial charge in [0.2, 0.25) is 0 Å². The van der Waals surface area contributed by atoms with Gasteiger partial charge in [0.25, 0.3) is 5.91 Å². The van der Waals surface area contributed by atoms with Gasteiger partial charge < -0.3 is 19.7 Å². The lowest BCUT2D eigenvalue weighted by atomic mass is 10.2. The van der Waals surface area contributed by atoms with Crippen molar-refractivity contribution in [2.45, 2.75) is 6.10 Å². The van der Waals surface area contributed by atoms with Gasteiger partial charge in [-0.3, -0.25) is 4.79 Å². The molecule has 0 bridgehead atoms. The Morgan fingerprint density at radius 2 is 2.32 bits per heavy atom. The molecule has 1 fully saturated rings. The summed E-state index contributed by atoms with van der Waals surface area (Å²) in [5.74, 6) is -0.209. The Morgan fingerprint density at radius 3 is 2.95 bits per heavy atom. The Morgan fingerprint density at radius 1 is 1.58 bits per heavy atom. The van der Waals surface area contributed by atoms with Crippen LogP contribution < -0.4 is 10.1 Å². The summed E-state index contributed by atoms with van der Waals surface area (Å²) in [5, 5.41) is 2.82. The molecule has 19 heavy (non-hydrogen) atoms. The number of hydrogen-bond acceptors (Lipinski definition) is 6. The summed E-state index contributed by atoms with van der Waals surface area (Å²) in [5.41, 5.74) is 0.407. The smallest absolute Gasteiger partial charge is 0.316 e. The van der Waals surface area contributed by atoms with Crippen molar-refractivity contribution in [3.63, 3.8) is 0 Å². The maximum atomic E-state index is 11.9. The number of aromatic nitrogens is 2. The van der Waals surface area contributed by atoms with Crippen molar-refractivity contribution in [3.8, 4) is 6.01 Å². The maximum absolute atomic E-state index is 11.9. The Hall–Kier alpha value is -1.73. The second-order valence-corrected chi connectivity index (χ2v) is 4.42. The van der Waals surface area contributed by atoms with Crippen molar-refractivity contribution in [2.24, 2.45) is 0 Å². The lowest BCUT2D eigenvalue weighted by molar-refractivity contribution is -0.0175. The van der Waals surface area contributed by atoms with Crippen molar-refractivity contribution in [1.82, 2.24) is 20.2 Å². The summed E-state index contributed by atoms with van der Waals surface area (Å²) in [7, 11) is 3.51. The number of nitrogens with zero attached hydrogens (tertiary/aromatic N) is 3. The first-order chi connectivity index (χ1) is 9.19. The molecule has 1 aromatic rings. The largest absolute Gasteiger partial charge is 0.467 e. The van der Waals surface area contributed by atoms with E-state index in [0.29, 0.717) is 18.7 Å². The van der Waals surface area contributed by atoms with E-state index in [-0.39, 0.29) is 18.0 Å². The Balaban J connectivity index is 1.83. The zero-order chi connectivity index (χ0) is 13.7. The second kappa shape index (κ2) is 6.44. The van der Waals surface area contributed by atoms with E-state index in [0.717, 1.165) is 13.1 Å². The number of rotatable bonds is 4. The minimum atomic E-state index is -0.209. The molecular weight excluding hydrogens is 248 g/mol. The number of methoxy groups -OCH3 is 1. The zero-order valence-corrected chi connectivity index (χ0v) is 11.1. The lowest BCUT2D eigenvalue weighted by Gasteiger charge is -2.30. The highest BCUT2D eigenvalue weighted by Gasteiger charge is 2.18. The Bertz CT molecular complexity index is 423. The fraction of sp³-hybridized carbons (Fsp3) is 0.583. The number of hydrogen-bond donors (Lipinski definition) is 1. The van der Waals surface area contributed by atoms with E-state index in [1.807, 2.05) is 7.05 Å². The average Bonchev–Trinajstić information content (AvgIpc) is 2.45. The number of morpholine rings is 1. The highest BCUT2D eigenvalue weighted by Crippen LogP contribution is 2.04. The molecule has 104 valence electrons. The standard InChI is InChI=1S/C12H18N4O3/c1-16-3-4-19-10(8-16)7-13-11(17)9-5-14-12(18-2)15-6-9/h5-6,10H,3-4,7-8H2,1-2H3,(H,13,17). The number of amides is 1. The molecule has 1 aromatic heterocycles. The summed E-state index contributed by atoms with van der Waals surface area (Å²) in [4.78, 5) is 21.8. The second-order valence-electron chi connectivity index (χ2n) is 4.42. The molecule has 1 amide bonds. The van der Waals surface area contributed by atoms with Crippen LogP contribution in [0.4, 0.5) is 0 Å². The molecule has 1 atom stereocenters. The van der Waals surface area contributed by atoms with Crippen molar-refractivity contribution >= 4 is 5.91 Å². The van der Waals surface area contributed by atoms with Crippen LogP contribution >= 0.6 is 0 Å². The van der Waals surface area contributed by atoms with Gasteiger partial charge in [-0.15, -0.1) is 0 Å². The zero-order valence-electron chi connectivity index (χ0n) is 11.1. The molecule has 2 rings (SSSR count). The van der Waals surface area contributed by atoms with Gasteiger partial charge in [0.05, 0.1) is 25.4 Å². The van der Waals surface area contributed by atoms with Gasteiger partial charge >= 0.3 is 6.01 Å². The summed E-state index contributed by atoms with van der Waals surface area (Å²) < 4.78 is 10.4. The van der Waals surface area contributed by atoms with E-state index in [1.165, 1.54) is 19.5 Å². The van der Waals surface area contributed by atoms with E-state index >= 15 is 0 Å². The van der Waals surface area contributed by atoms with Gasteiger partial charge in [0, 0.05) is 32.0 Å². The molecule has 0 radical (unpaired) electrons. The van der Waals surface area contributed by atoms with Crippen molar-refractivity contribution < 1.29 is 14.3 Å². The van der Waals surface area contributed by atoms with Crippen LogP contribution in [0.5, 0.6) is 6.01 Å². The molecule has 1 aliphatic heterocycles. The number of carbonyl (C=O) groups is 1. The monoisotopic (exact) mass is 266 g/mol. The molecule has 1 unspecified atom stereocenters. The quantitative estimate of drug-likeness (QED) is 0.795. The van der Waals surface area contributed by atoms with Crippen LogP contribution in [-0.4, -0.2) is 67.3 Å². The van der Waals surface area contributed by atoms with Crippen LogP contribution in [0.15, 0.2) is 12.4 Å². The molecule has 0 spiro atoms. The predicted octanol–water partition coefficient (Wildman–Crippen LogP) is -0.454. The molecule has 2 heterocycles. The molecule has 7 heteroatoms. The van der Waals surface area contributed by atoms with Gasteiger partial charge in [-0.25, -0.2) is 9.97 Å². The Labute approximate surface area is 111 Å². The maximum Gasteiger partial charge on any atom is 0.316 e. The first kappa shape index (κ1) is 13.7. The van der Waals surface area contributed by atoms with Gasteiger partial charge in [0.1, 0.15) is 0 Å². The first-order valence-corrected chi connectivity index (χ1v) is 6.13. The summed E-state index contributed by atoms with van der Waals surface area (Å²) in [6.45, 7) is 2.92. The molecule has 7 nitrogen and oxygen atoms in total. The van der Waals surface area contributed by atoms with E-state index < -0.39 is 0 Å². The number of likely N-dealkylation sites (N-methyl/N-ethyl adjacent to an activating group) is 1. The van der Waals surface area contributed by atoms with Gasteiger partial charge in [-0.1, -0.05) is 0 Å². The summed E-state index contributed by atoms with van der Waals surface area (Å²) in [6, 6.07) is 0.244. The highest BCUT2D eigenvalue weighted by atomic mass is 16.5. The fourth-order valence-electron chi connectivity index (χ4n) is 1.84. The minimum absolute atomic E-state index is 0.0295. The van der Waals surface area contributed by atoms with Crippen LogP contribution in [0.25, 0.3) is 0 Å². The van der Waals surface area contributed by atoms with Crippen molar-refractivity contribution in [1.29, 1.82) is 0 Å². The molecule has 0 aromatic carbocycles. The third-order valence-corrected chi connectivity index (χ3v) is 2.91. The average molecular weight is 266 g/mol. The van der Waals surface area contributed by atoms with Gasteiger partial charge in [-0.05, 0) is 7.05 Å². The van der Waals surface area contributed by atoms with E-state index in [1.54, 1.807) is 0 Å². The normalized spacial score (nSPS) is 20.0. The minimum Gasteiger partial charge on any atom is -0.467 e.